The first-order valence-corrected chi connectivity index (χ1v) is 10.7. The number of hydrogen-bond donors (Lipinski definition) is 2. The zero-order valence-electron chi connectivity index (χ0n) is 17.0. The Bertz CT molecular complexity index is 1100. The highest BCUT2D eigenvalue weighted by molar-refractivity contribution is 7.10. The molecule has 0 unspecified atom stereocenters. The minimum atomic E-state index is -0.110. The average molecular weight is 417 g/mol. The van der Waals surface area contributed by atoms with Gasteiger partial charge in [-0.3, -0.25) is 10.1 Å². The van der Waals surface area contributed by atoms with E-state index in [0.29, 0.717) is 5.82 Å². The van der Waals surface area contributed by atoms with Crippen molar-refractivity contribution in [3.63, 3.8) is 0 Å². The topological polar surface area (TPSA) is 59.0 Å². The van der Waals surface area contributed by atoms with E-state index in [-0.39, 0.29) is 18.5 Å². The van der Waals surface area contributed by atoms with Gasteiger partial charge in [-0.05, 0) is 43.0 Å². The molecule has 0 spiro atoms. The van der Waals surface area contributed by atoms with Crippen LogP contribution >= 0.6 is 11.3 Å². The van der Waals surface area contributed by atoms with Crippen molar-refractivity contribution in [2.24, 2.45) is 0 Å². The molecule has 152 valence electrons. The molecule has 6 heteroatoms. The number of thiophene rings is 1. The Morgan fingerprint density at radius 1 is 1.03 bits per heavy atom. The molecule has 0 saturated carbocycles. The molecule has 1 atom stereocenters. The van der Waals surface area contributed by atoms with E-state index in [1.807, 2.05) is 68.4 Å². The van der Waals surface area contributed by atoms with E-state index in [0.717, 1.165) is 16.9 Å². The predicted octanol–water partition coefficient (Wildman–Crippen LogP) is 4.87. The van der Waals surface area contributed by atoms with E-state index in [4.69, 9.17) is 0 Å². The normalized spacial score (nSPS) is 11.9. The summed E-state index contributed by atoms with van der Waals surface area (Å²) in [5.74, 6) is 0.552. The number of aromatic nitrogens is 2. The molecule has 0 aliphatic rings. The van der Waals surface area contributed by atoms with Crippen molar-refractivity contribution in [2.75, 3.05) is 11.9 Å². The molecule has 5 nitrogen and oxygen atoms in total. The fourth-order valence-electron chi connectivity index (χ4n) is 3.34. The van der Waals surface area contributed by atoms with Gasteiger partial charge in [0.05, 0.1) is 24.0 Å². The molecule has 2 heterocycles. The van der Waals surface area contributed by atoms with Crippen LogP contribution in [0.3, 0.4) is 0 Å². The van der Waals surface area contributed by atoms with Gasteiger partial charge in [-0.1, -0.05) is 54.1 Å². The number of benzene rings is 2. The van der Waals surface area contributed by atoms with Crippen LogP contribution in [0.25, 0.3) is 5.69 Å². The van der Waals surface area contributed by atoms with Crippen LogP contribution in [-0.4, -0.2) is 22.2 Å². The van der Waals surface area contributed by atoms with Gasteiger partial charge < -0.3 is 5.32 Å². The zero-order chi connectivity index (χ0) is 20.9. The average Bonchev–Trinajstić information content (AvgIpc) is 3.40. The van der Waals surface area contributed by atoms with Gasteiger partial charge in [0, 0.05) is 10.9 Å². The number of nitrogens with one attached hydrogen (secondary N) is 2. The molecular formula is C24H24N4OS. The van der Waals surface area contributed by atoms with E-state index in [9.17, 15) is 4.79 Å². The number of aryl methyl sites for hydroxylation is 2. The van der Waals surface area contributed by atoms with Crippen LogP contribution in [0.5, 0.6) is 0 Å². The first-order valence-electron chi connectivity index (χ1n) is 9.85. The Morgan fingerprint density at radius 3 is 2.50 bits per heavy atom. The zero-order valence-corrected chi connectivity index (χ0v) is 17.8. The van der Waals surface area contributed by atoms with Gasteiger partial charge in [-0.2, -0.15) is 5.10 Å². The van der Waals surface area contributed by atoms with E-state index < -0.39 is 0 Å². The summed E-state index contributed by atoms with van der Waals surface area (Å²) in [6.07, 6.45) is 0. The Morgan fingerprint density at radius 2 is 1.80 bits per heavy atom. The van der Waals surface area contributed by atoms with Crippen LogP contribution in [0.1, 0.15) is 27.7 Å². The highest BCUT2D eigenvalue weighted by atomic mass is 32.1. The highest BCUT2D eigenvalue weighted by Gasteiger charge is 2.17. The number of carbonyl (C=O) groups is 1. The second kappa shape index (κ2) is 9.07. The Kier molecular flexibility index (Phi) is 6.07. The van der Waals surface area contributed by atoms with Crippen LogP contribution in [0.15, 0.2) is 78.2 Å². The Balaban J connectivity index is 1.48. The largest absolute Gasteiger partial charge is 0.309 e. The summed E-state index contributed by atoms with van der Waals surface area (Å²) in [6.45, 7) is 4.15. The van der Waals surface area contributed by atoms with Crippen molar-refractivity contribution in [2.45, 2.75) is 19.9 Å². The van der Waals surface area contributed by atoms with Crippen LogP contribution in [0.2, 0.25) is 0 Å². The molecule has 4 aromatic rings. The minimum Gasteiger partial charge on any atom is -0.309 e. The fourth-order valence-corrected chi connectivity index (χ4v) is 4.16. The maximum absolute atomic E-state index is 12.8. The minimum absolute atomic E-state index is 0.0271. The van der Waals surface area contributed by atoms with Crippen LogP contribution in [0, 0.1) is 13.8 Å². The molecule has 0 bridgehead atoms. The molecule has 2 aromatic heterocycles. The molecular weight excluding hydrogens is 392 g/mol. The molecule has 30 heavy (non-hydrogen) atoms. The van der Waals surface area contributed by atoms with Crippen molar-refractivity contribution in [3.8, 4) is 5.69 Å². The second-order valence-electron chi connectivity index (χ2n) is 7.21. The second-order valence-corrected chi connectivity index (χ2v) is 8.19. The van der Waals surface area contributed by atoms with Crippen molar-refractivity contribution >= 4 is 23.1 Å². The lowest BCUT2D eigenvalue weighted by molar-refractivity contribution is -0.115. The molecule has 0 aliphatic carbocycles. The highest BCUT2D eigenvalue weighted by Crippen LogP contribution is 2.25. The van der Waals surface area contributed by atoms with Gasteiger partial charge in [-0.25, -0.2) is 4.68 Å². The first-order chi connectivity index (χ1) is 14.6. The maximum Gasteiger partial charge on any atom is 0.239 e. The number of rotatable bonds is 7. The monoisotopic (exact) mass is 416 g/mol. The summed E-state index contributed by atoms with van der Waals surface area (Å²) >= 11 is 1.68. The smallest absolute Gasteiger partial charge is 0.239 e. The van der Waals surface area contributed by atoms with Gasteiger partial charge >= 0.3 is 0 Å². The van der Waals surface area contributed by atoms with Crippen LogP contribution in [0.4, 0.5) is 5.82 Å². The first kappa shape index (κ1) is 20.1. The van der Waals surface area contributed by atoms with Crippen molar-refractivity contribution in [1.82, 2.24) is 15.1 Å². The third-order valence-corrected chi connectivity index (χ3v) is 5.74. The molecule has 1 amide bonds. The van der Waals surface area contributed by atoms with Gasteiger partial charge in [0.25, 0.3) is 0 Å². The molecule has 4 rings (SSSR count). The number of amides is 1. The van der Waals surface area contributed by atoms with E-state index >= 15 is 0 Å². The summed E-state index contributed by atoms with van der Waals surface area (Å²) in [5, 5.41) is 13.0. The number of hydrogen-bond acceptors (Lipinski definition) is 4. The summed E-state index contributed by atoms with van der Waals surface area (Å²) in [6, 6.07) is 24.2. The van der Waals surface area contributed by atoms with Crippen molar-refractivity contribution in [3.05, 3.63) is 99.9 Å². The molecule has 2 N–H and O–H groups in total. The van der Waals surface area contributed by atoms with Gasteiger partial charge in [0.1, 0.15) is 5.82 Å². The quantitative estimate of drug-likeness (QED) is 0.452. The summed E-state index contributed by atoms with van der Waals surface area (Å²) in [5.41, 5.74) is 4.07. The molecule has 0 saturated heterocycles. The lowest BCUT2D eigenvalue weighted by Gasteiger charge is -2.18. The van der Waals surface area contributed by atoms with Gasteiger partial charge in [0.15, 0.2) is 0 Å². The molecule has 0 radical (unpaired) electrons. The van der Waals surface area contributed by atoms with Crippen molar-refractivity contribution in [1.29, 1.82) is 0 Å². The summed E-state index contributed by atoms with van der Waals surface area (Å²) in [7, 11) is 0. The van der Waals surface area contributed by atoms with Crippen LogP contribution in [-0.2, 0) is 4.79 Å². The van der Waals surface area contributed by atoms with Crippen molar-refractivity contribution < 1.29 is 4.79 Å². The van der Waals surface area contributed by atoms with Gasteiger partial charge in [-0.15, -0.1) is 11.3 Å². The van der Waals surface area contributed by atoms with Crippen LogP contribution < -0.4 is 10.6 Å². The SMILES string of the molecule is Cc1ccc(-n2nc(C)cc2NC(=O)CN[C@H](c2ccccc2)c2cccs2)cc1. The lowest BCUT2D eigenvalue weighted by atomic mass is 10.1. The third-order valence-electron chi connectivity index (χ3n) is 4.80. The maximum atomic E-state index is 12.8. The lowest BCUT2D eigenvalue weighted by Crippen LogP contribution is -2.32. The standard InChI is InChI=1S/C24H24N4OS/c1-17-10-12-20(13-11-17)28-22(15-18(2)27-28)26-23(29)16-25-24(21-9-6-14-30-21)19-7-4-3-5-8-19/h3-15,24-25H,16H2,1-2H3,(H,26,29)/t24-/m1/s1. The molecule has 2 aromatic carbocycles. The Labute approximate surface area is 180 Å². The Hall–Kier alpha value is -3.22. The summed E-state index contributed by atoms with van der Waals surface area (Å²) < 4.78 is 1.76. The number of anilines is 1. The third kappa shape index (κ3) is 4.67. The molecule has 0 aliphatic heterocycles. The van der Waals surface area contributed by atoms with E-state index in [2.05, 4.69) is 39.3 Å². The van der Waals surface area contributed by atoms with E-state index in [1.165, 1.54) is 10.4 Å². The van der Waals surface area contributed by atoms with Gasteiger partial charge in [0.2, 0.25) is 5.91 Å². The molecule has 0 fully saturated rings. The summed E-state index contributed by atoms with van der Waals surface area (Å²) in [4.78, 5) is 13.9. The number of nitrogens with zero attached hydrogens (tertiary/aromatic N) is 2. The number of carbonyl (C=O) groups excluding carboxylic acids is 1. The fraction of sp³-hybridized carbons (Fsp3) is 0.167. The predicted molar refractivity (Wildman–Crippen MR) is 122 cm³/mol. The van der Waals surface area contributed by atoms with E-state index in [1.54, 1.807) is 16.0 Å².